The van der Waals surface area contributed by atoms with Crippen LogP contribution in [-0.4, -0.2) is 34.4 Å². The molecule has 0 aliphatic heterocycles. The minimum Gasteiger partial charge on any atom is -0.483 e. The molecular formula is C11H16N2O3. The van der Waals surface area contributed by atoms with Gasteiger partial charge in [0, 0.05) is 20.1 Å². The van der Waals surface area contributed by atoms with Crippen molar-refractivity contribution >= 4 is 5.78 Å². The molecule has 0 aromatic carbocycles. The SMILES string of the molecule is CCCOC1C(=O)CC1Oc1cnn(C)c1. The molecule has 2 atom stereocenters. The lowest BCUT2D eigenvalue weighted by atomic mass is 9.90. The molecule has 1 aliphatic carbocycles. The first-order valence-electron chi connectivity index (χ1n) is 5.50. The highest BCUT2D eigenvalue weighted by molar-refractivity contribution is 5.90. The second-order valence-corrected chi connectivity index (χ2v) is 3.97. The zero-order valence-corrected chi connectivity index (χ0v) is 9.55. The summed E-state index contributed by atoms with van der Waals surface area (Å²) >= 11 is 0. The van der Waals surface area contributed by atoms with Crippen LogP contribution in [0.4, 0.5) is 0 Å². The minimum atomic E-state index is -0.389. The molecule has 0 amide bonds. The lowest BCUT2D eigenvalue weighted by Crippen LogP contribution is -2.52. The van der Waals surface area contributed by atoms with E-state index < -0.39 is 0 Å². The van der Waals surface area contributed by atoms with E-state index in [-0.39, 0.29) is 18.0 Å². The maximum atomic E-state index is 11.3. The van der Waals surface area contributed by atoms with Gasteiger partial charge in [0.2, 0.25) is 0 Å². The molecule has 2 rings (SSSR count). The number of hydrogen-bond donors (Lipinski definition) is 0. The second-order valence-electron chi connectivity index (χ2n) is 3.97. The third-order valence-electron chi connectivity index (χ3n) is 2.53. The Kier molecular flexibility index (Phi) is 3.24. The molecule has 0 N–H and O–H groups in total. The molecule has 1 aromatic heterocycles. The third kappa shape index (κ3) is 2.24. The Hall–Kier alpha value is -1.36. The van der Waals surface area contributed by atoms with E-state index in [1.165, 1.54) is 0 Å². The second kappa shape index (κ2) is 4.65. The fourth-order valence-electron chi connectivity index (χ4n) is 1.65. The fraction of sp³-hybridized carbons (Fsp3) is 0.636. The van der Waals surface area contributed by atoms with Crippen LogP contribution in [0.5, 0.6) is 5.75 Å². The molecular weight excluding hydrogens is 208 g/mol. The normalized spacial score (nSPS) is 24.2. The lowest BCUT2D eigenvalue weighted by Gasteiger charge is -2.34. The van der Waals surface area contributed by atoms with Crippen LogP contribution in [0.2, 0.25) is 0 Å². The van der Waals surface area contributed by atoms with Gasteiger partial charge in [0.25, 0.3) is 0 Å². The molecule has 88 valence electrons. The Labute approximate surface area is 94.3 Å². The van der Waals surface area contributed by atoms with E-state index >= 15 is 0 Å². The van der Waals surface area contributed by atoms with Crippen molar-refractivity contribution in [3.05, 3.63) is 12.4 Å². The van der Waals surface area contributed by atoms with Crippen LogP contribution in [0.25, 0.3) is 0 Å². The number of ether oxygens (including phenoxy) is 2. The van der Waals surface area contributed by atoms with Crippen molar-refractivity contribution in [1.29, 1.82) is 0 Å². The van der Waals surface area contributed by atoms with Crippen molar-refractivity contribution in [2.45, 2.75) is 32.0 Å². The number of aromatic nitrogens is 2. The first-order chi connectivity index (χ1) is 7.70. The molecule has 5 heteroatoms. The van der Waals surface area contributed by atoms with Crippen LogP contribution in [-0.2, 0) is 16.6 Å². The zero-order chi connectivity index (χ0) is 11.5. The van der Waals surface area contributed by atoms with Gasteiger partial charge in [0.15, 0.2) is 17.6 Å². The van der Waals surface area contributed by atoms with E-state index in [4.69, 9.17) is 9.47 Å². The van der Waals surface area contributed by atoms with E-state index in [9.17, 15) is 4.79 Å². The average Bonchev–Trinajstić information content (AvgIpc) is 2.64. The predicted molar refractivity (Wildman–Crippen MR) is 57.3 cm³/mol. The van der Waals surface area contributed by atoms with Crippen LogP contribution in [0.1, 0.15) is 19.8 Å². The molecule has 1 heterocycles. The summed E-state index contributed by atoms with van der Waals surface area (Å²) in [6.07, 6.45) is 4.22. The van der Waals surface area contributed by atoms with E-state index in [1.54, 1.807) is 17.1 Å². The number of hydrogen-bond acceptors (Lipinski definition) is 4. The number of aryl methyl sites for hydroxylation is 1. The molecule has 0 radical (unpaired) electrons. The van der Waals surface area contributed by atoms with Gasteiger partial charge in [-0.3, -0.25) is 9.48 Å². The fourth-order valence-corrected chi connectivity index (χ4v) is 1.65. The molecule has 2 unspecified atom stereocenters. The Bertz CT molecular complexity index is 375. The predicted octanol–water partition coefficient (Wildman–Crippen LogP) is 0.935. The van der Waals surface area contributed by atoms with Gasteiger partial charge in [-0.2, -0.15) is 5.10 Å². The highest BCUT2D eigenvalue weighted by Gasteiger charge is 2.42. The molecule has 0 saturated heterocycles. The summed E-state index contributed by atoms with van der Waals surface area (Å²) < 4.78 is 12.7. The first kappa shape index (κ1) is 11.1. The van der Waals surface area contributed by atoms with Crippen LogP contribution < -0.4 is 4.74 Å². The lowest BCUT2D eigenvalue weighted by molar-refractivity contribution is -0.154. The van der Waals surface area contributed by atoms with Gasteiger partial charge in [-0.15, -0.1) is 0 Å². The Morgan fingerprint density at radius 1 is 1.62 bits per heavy atom. The Morgan fingerprint density at radius 3 is 3.00 bits per heavy atom. The van der Waals surface area contributed by atoms with Crippen molar-refractivity contribution in [3.63, 3.8) is 0 Å². The summed E-state index contributed by atoms with van der Waals surface area (Å²) in [7, 11) is 1.82. The Balaban J connectivity index is 1.88. The summed E-state index contributed by atoms with van der Waals surface area (Å²) in [5.41, 5.74) is 0. The maximum Gasteiger partial charge on any atom is 0.169 e. The van der Waals surface area contributed by atoms with Gasteiger partial charge < -0.3 is 9.47 Å². The van der Waals surface area contributed by atoms with Gasteiger partial charge in [-0.05, 0) is 6.42 Å². The van der Waals surface area contributed by atoms with Crippen molar-refractivity contribution in [2.24, 2.45) is 7.05 Å². The summed E-state index contributed by atoms with van der Waals surface area (Å²) in [4.78, 5) is 11.3. The standard InChI is InChI=1S/C11H16N2O3/c1-3-4-15-11-9(14)5-10(11)16-8-6-12-13(2)7-8/h6-7,10-11H,3-5H2,1-2H3. The van der Waals surface area contributed by atoms with E-state index in [1.807, 2.05) is 14.0 Å². The molecule has 1 saturated carbocycles. The molecule has 0 bridgehead atoms. The van der Waals surface area contributed by atoms with Gasteiger partial charge in [-0.25, -0.2) is 0 Å². The molecule has 16 heavy (non-hydrogen) atoms. The van der Waals surface area contributed by atoms with E-state index in [2.05, 4.69) is 5.10 Å². The monoisotopic (exact) mass is 224 g/mol. The van der Waals surface area contributed by atoms with Crippen LogP contribution >= 0.6 is 0 Å². The number of carbonyl (C=O) groups excluding carboxylic acids is 1. The topological polar surface area (TPSA) is 53.4 Å². The molecule has 1 aliphatic rings. The number of ketones is 1. The summed E-state index contributed by atoms with van der Waals surface area (Å²) in [6, 6.07) is 0. The Morgan fingerprint density at radius 2 is 2.44 bits per heavy atom. The van der Waals surface area contributed by atoms with Gasteiger partial charge in [0.1, 0.15) is 6.10 Å². The highest BCUT2D eigenvalue weighted by Crippen LogP contribution is 2.25. The smallest absolute Gasteiger partial charge is 0.169 e. The molecule has 1 fully saturated rings. The highest BCUT2D eigenvalue weighted by atomic mass is 16.5. The van der Waals surface area contributed by atoms with Crippen LogP contribution in [0.3, 0.4) is 0 Å². The first-order valence-corrected chi connectivity index (χ1v) is 5.50. The van der Waals surface area contributed by atoms with Crippen molar-refractivity contribution in [2.75, 3.05) is 6.61 Å². The quantitative estimate of drug-likeness (QED) is 0.746. The number of rotatable bonds is 5. The zero-order valence-electron chi connectivity index (χ0n) is 9.55. The van der Waals surface area contributed by atoms with Gasteiger partial charge >= 0.3 is 0 Å². The van der Waals surface area contributed by atoms with E-state index in [0.717, 1.165) is 6.42 Å². The molecule has 5 nitrogen and oxygen atoms in total. The maximum absolute atomic E-state index is 11.3. The van der Waals surface area contributed by atoms with Crippen LogP contribution in [0.15, 0.2) is 12.4 Å². The van der Waals surface area contributed by atoms with E-state index in [0.29, 0.717) is 18.8 Å². The van der Waals surface area contributed by atoms with Crippen LogP contribution in [0, 0.1) is 0 Å². The number of carbonyl (C=O) groups is 1. The largest absolute Gasteiger partial charge is 0.483 e. The molecule has 0 spiro atoms. The summed E-state index contributed by atoms with van der Waals surface area (Å²) in [5, 5.41) is 4.00. The van der Waals surface area contributed by atoms with Gasteiger partial charge in [0.05, 0.1) is 12.4 Å². The number of nitrogens with zero attached hydrogens (tertiary/aromatic N) is 2. The summed E-state index contributed by atoms with van der Waals surface area (Å²) in [5.74, 6) is 0.812. The minimum absolute atomic E-state index is 0.127. The third-order valence-corrected chi connectivity index (χ3v) is 2.53. The van der Waals surface area contributed by atoms with Gasteiger partial charge in [-0.1, -0.05) is 6.92 Å². The van der Waals surface area contributed by atoms with Crippen molar-refractivity contribution in [3.8, 4) is 5.75 Å². The van der Waals surface area contributed by atoms with Crippen molar-refractivity contribution < 1.29 is 14.3 Å². The summed E-state index contributed by atoms with van der Waals surface area (Å²) in [6.45, 7) is 2.61. The molecule has 1 aromatic rings. The van der Waals surface area contributed by atoms with Crippen molar-refractivity contribution in [1.82, 2.24) is 9.78 Å². The average molecular weight is 224 g/mol. The number of Topliss-reactive ketones (excluding diaryl/α,β-unsaturated/α-hetero) is 1.